The van der Waals surface area contributed by atoms with Crippen LogP contribution in [0.5, 0.6) is 0 Å². The van der Waals surface area contributed by atoms with Gasteiger partial charge in [-0.2, -0.15) is 0 Å². The maximum Gasteiger partial charge on any atom is 0.0215 e. The molecule has 0 saturated heterocycles. The molecule has 0 unspecified atom stereocenters. The number of hydrogen-bond donors (Lipinski definition) is 0. The van der Waals surface area contributed by atoms with Gasteiger partial charge < -0.3 is 0 Å². The molecule has 0 aliphatic heterocycles. The zero-order chi connectivity index (χ0) is 62.0. The number of benzene rings is 14. The molecule has 14 aromatic rings. The summed E-state index contributed by atoms with van der Waals surface area (Å²) < 4.78 is 0. The molecule has 446 valence electrons. The zero-order valence-corrected chi connectivity index (χ0v) is 53.3. The molecule has 0 saturated carbocycles. The van der Waals surface area contributed by atoms with Crippen molar-refractivity contribution in [3.05, 3.63) is 302 Å². The van der Waals surface area contributed by atoms with Gasteiger partial charge in [-0.15, -0.1) is 0 Å². The lowest BCUT2D eigenvalue weighted by Crippen LogP contribution is -2.25. The summed E-state index contributed by atoms with van der Waals surface area (Å²) in [6.07, 6.45) is 11.7. The van der Waals surface area contributed by atoms with Crippen LogP contribution in [0.1, 0.15) is 89.2 Å². The first kappa shape index (κ1) is 56.6. The van der Waals surface area contributed by atoms with Crippen LogP contribution < -0.4 is 0 Å². The summed E-state index contributed by atoms with van der Waals surface area (Å²) in [6.45, 7) is 4.72. The van der Waals surface area contributed by atoms with Crippen LogP contribution in [-0.2, 0) is 5.41 Å². The summed E-state index contributed by atoms with van der Waals surface area (Å²) in [7, 11) is 0. The smallest absolute Gasteiger partial charge is 0.0215 e. The van der Waals surface area contributed by atoms with Crippen LogP contribution in [0, 0.1) is 0 Å². The van der Waals surface area contributed by atoms with Gasteiger partial charge in [0.25, 0.3) is 0 Å². The molecular formula is C93H74. The molecule has 3 aliphatic rings. The Morgan fingerprint density at radius 2 is 0.462 bits per heavy atom. The molecule has 0 radical (unpaired) electrons. The van der Waals surface area contributed by atoms with Crippen LogP contribution >= 0.6 is 0 Å². The molecule has 0 heteroatoms. The largest absolute Gasteiger partial charge is 0.0654 e. The summed E-state index contributed by atoms with van der Waals surface area (Å²) in [5, 5.41) is 5.23. The molecular weight excluding hydrogens is 1120 g/mol. The van der Waals surface area contributed by atoms with Gasteiger partial charge in [-0.1, -0.05) is 344 Å². The highest BCUT2D eigenvalue weighted by Gasteiger charge is 2.44. The molecule has 0 aromatic heterocycles. The average Bonchev–Trinajstić information content (AvgIpc) is 1.58. The topological polar surface area (TPSA) is 0 Å². The minimum absolute atomic E-state index is 0.278. The number of rotatable bonds is 18. The van der Waals surface area contributed by atoms with Crippen LogP contribution in [0.25, 0.3) is 166 Å². The van der Waals surface area contributed by atoms with Crippen LogP contribution in [0.3, 0.4) is 0 Å². The van der Waals surface area contributed by atoms with Gasteiger partial charge in [0.2, 0.25) is 0 Å². The third-order valence-electron chi connectivity index (χ3n) is 21.1. The van der Waals surface area contributed by atoms with Crippen molar-refractivity contribution in [3.8, 4) is 145 Å². The quantitative estimate of drug-likeness (QED) is 0.0751. The van der Waals surface area contributed by atoms with E-state index in [2.05, 4.69) is 305 Å². The Balaban J connectivity index is 0.985. The third-order valence-corrected chi connectivity index (χ3v) is 21.1. The fourth-order valence-corrected chi connectivity index (χ4v) is 17.2. The van der Waals surface area contributed by atoms with E-state index in [1.54, 1.807) is 0 Å². The Hall–Kier alpha value is -10.4. The van der Waals surface area contributed by atoms with Gasteiger partial charge >= 0.3 is 0 Å². The van der Waals surface area contributed by atoms with Gasteiger partial charge in [-0.05, 0) is 202 Å². The maximum absolute atomic E-state index is 2.73. The van der Waals surface area contributed by atoms with Gasteiger partial charge in [0.15, 0.2) is 0 Å². The van der Waals surface area contributed by atoms with Gasteiger partial charge in [0.05, 0.1) is 0 Å². The Morgan fingerprint density at radius 3 is 0.731 bits per heavy atom. The van der Waals surface area contributed by atoms with Gasteiger partial charge in [0.1, 0.15) is 0 Å². The van der Waals surface area contributed by atoms with Crippen LogP contribution in [0.4, 0.5) is 0 Å². The van der Waals surface area contributed by atoms with E-state index >= 15 is 0 Å². The second-order valence-electron chi connectivity index (χ2n) is 26.3. The van der Waals surface area contributed by atoms with Gasteiger partial charge in [-0.25, -0.2) is 0 Å². The second kappa shape index (κ2) is 23.7. The summed E-state index contributed by atoms with van der Waals surface area (Å²) in [4.78, 5) is 0. The minimum atomic E-state index is -0.278. The first-order valence-corrected chi connectivity index (χ1v) is 34.3. The summed E-state index contributed by atoms with van der Waals surface area (Å²) in [5.74, 6) is 0. The van der Waals surface area contributed by atoms with Crippen molar-refractivity contribution in [1.29, 1.82) is 0 Å². The van der Waals surface area contributed by atoms with Gasteiger partial charge in [0, 0.05) is 5.41 Å². The van der Waals surface area contributed by atoms with E-state index < -0.39 is 0 Å². The van der Waals surface area contributed by atoms with E-state index in [0.29, 0.717) is 0 Å². The molecule has 0 bridgehead atoms. The molecule has 0 fully saturated rings. The number of fused-ring (bicyclic) bond motifs is 9. The van der Waals surface area contributed by atoms with Crippen molar-refractivity contribution in [1.82, 2.24) is 0 Å². The summed E-state index contributed by atoms with van der Waals surface area (Å²) >= 11 is 0. The Kier molecular flexibility index (Phi) is 14.4. The molecule has 0 N–H and O–H groups in total. The monoisotopic (exact) mass is 1190 g/mol. The SMILES string of the molecule is CCCCCCC1(CCCCCC)c2cc(-c3c(-c4ccccc4)c(-c4ccccc4)c4c(c3-c3ccccc3)-c3cccc5cccc-4c35)ccc2-c2ccc(-c3c(-c4ccccc4)c(-c4ccccc4)c4c(c3-c3ccccc3)-c3cccc5cccc-4c35)cc21. The summed E-state index contributed by atoms with van der Waals surface area (Å²) in [6, 6.07) is 112. The molecule has 14 aromatic carbocycles. The van der Waals surface area contributed by atoms with Crippen LogP contribution in [0.15, 0.2) is 291 Å². The molecule has 0 nitrogen and oxygen atoms in total. The second-order valence-corrected chi connectivity index (χ2v) is 26.3. The molecule has 93 heavy (non-hydrogen) atoms. The van der Waals surface area contributed by atoms with E-state index in [0.717, 1.165) is 25.7 Å². The normalized spacial score (nSPS) is 12.7. The van der Waals surface area contributed by atoms with Crippen LogP contribution in [0.2, 0.25) is 0 Å². The predicted molar refractivity (Wildman–Crippen MR) is 398 cm³/mol. The van der Waals surface area contributed by atoms with Crippen molar-refractivity contribution in [3.63, 3.8) is 0 Å². The highest BCUT2D eigenvalue weighted by Crippen LogP contribution is 2.65. The fraction of sp³-hybridized carbons (Fsp3) is 0.140. The maximum atomic E-state index is 2.73. The average molecular weight is 1190 g/mol. The Morgan fingerprint density at radius 1 is 0.204 bits per heavy atom. The van der Waals surface area contributed by atoms with Crippen molar-refractivity contribution in [2.75, 3.05) is 0 Å². The van der Waals surface area contributed by atoms with E-state index in [9.17, 15) is 0 Å². The fourth-order valence-electron chi connectivity index (χ4n) is 17.2. The molecule has 0 heterocycles. The zero-order valence-electron chi connectivity index (χ0n) is 53.3. The molecule has 17 rings (SSSR count). The number of unbranched alkanes of at least 4 members (excludes halogenated alkanes) is 6. The Labute approximate surface area is 548 Å². The van der Waals surface area contributed by atoms with E-state index in [-0.39, 0.29) is 5.41 Å². The van der Waals surface area contributed by atoms with Crippen molar-refractivity contribution >= 4 is 21.5 Å². The minimum Gasteiger partial charge on any atom is -0.0654 e. The van der Waals surface area contributed by atoms with E-state index in [1.165, 1.54) is 216 Å². The van der Waals surface area contributed by atoms with E-state index in [4.69, 9.17) is 0 Å². The number of hydrogen-bond acceptors (Lipinski definition) is 0. The van der Waals surface area contributed by atoms with Crippen LogP contribution in [-0.4, -0.2) is 0 Å². The molecule has 3 aliphatic carbocycles. The van der Waals surface area contributed by atoms with E-state index in [1.807, 2.05) is 0 Å². The first-order valence-electron chi connectivity index (χ1n) is 34.3. The molecule has 0 atom stereocenters. The molecule has 0 spiro atoms. The standard InChI is InChI=1S/C93H74/c1-3-5-7-27-57-93(58-28-8-6-4-2)77-59-69(87-81(63-33-15-9-16-34-63)83(65-37-19-11-20-38-65)89-73-49-29-45-61-47-31-51-75(79(61)73)91(89)85(87)67-41-23-13-24-42-67)53-55-71(77)72-56-54-70(60-78(72)93)88-82(64-35-17-10-18-36-64)84(66-39-21-12-22-40-66)90-74-50-30-46-62-48-32-52-76(80(62)74)92(90)86(88)68-43-25-14-26-44-68/h9-26,29-56,59-60H,3-8,27-28,57-58H2,1-2H3. The lowest BCUT2D eigenvalue weighted by Gasteiger charge is -2.34. The highest BCUT2D eigenvalue weighted by atomic mass is 14.5. The van der Waals surface area contributed by atoms with Crippen molar-refractivity contribution in [2.24, 2.45) is 0 Å². The lowest BCUT2D eigenvalue weighted by molar-refractivity contribution is 0.401. The first-order chi connectivity index (χ1) is 46.1. The molecule has 0 amide bonds. The highest BCUT2D eigenvalue weighted by molar-refractivity contribution is 6.28. The predicted octanol–water partition coefficient (Wildman–Crippen LogP) is 26.8. The van der Waals surface area contributed by atoms with Crippen molar-refractivity contribution in [2.45, 2.75) is 83.5 Å². The summed E-state index contributed by atoms with van der Waals surface area (Å²) in [5.41, 5.74) is 36.2. The van der Waals surface area contributed by atoms with Crippen molar-refractivity contribution < 1.29 is 0 Å². The third kappa shape index (κ3) is 9.16. The Bertz CT molecular complexity index is 4830. The lowest BCUT2D eigenvalue weighted by atomic mass is 9.69. The van der Waals surface area contributed by atoms with Gasteiger partial charge in [-0.3, -0.25) is 0 Å².